The number of nitrogens with one attached hydrogen (secondary N) is 1. The highest BCUT2D eigenvalue weighted by Crippen LogP contribution is 2.32. The second-order valence-electron chi connectivity index (χ2n) is 7.41. The molecule has 7 nitrogen and oxygen atoms in total. The van der Waals surface area contributed by atoms with Gasteiger partial charge in [-0.1, -0.05) is 19.3 Å². The van der Waals surface area contributed by atoms with Gasteiger partial charge in [0.1, 0.15) is 6.33 Å². The molecule has 1 N–H and O–H groups in total. The summed E-state index contributed by atoms with van der Waals surface area (Å²) in [5.41, 5.74) is 2.81. The van der Waals surface area contributed by atoms with Crippen LogP contribution in [0.1, 0.15) is 51.4 Å². The van der Waals surface area contributed by atoms with Crippen molar-refractivity contribution in [1.29, 1.82) is 0 Å². The summed E-state index contributed by atoms with van der Waals surface area (Å²) in [6.45, 7) is 2.07. The van der Waals surface area contributed by atoms with E-state index in [0.717, 1.165) is 30.2 Å². The topological polar surface area (TPSA) is 75.9 Å². The van der Waals surface area contributed by atoms with E-state index in [-0.39, 0.29) is 5.91 Å². The van der Waals surface area contributed by atoms with Gasteiger partial charge in [-0.05, 0) is 60.2 Å². The van der Waals surface area contributed by atoms with Crippen LogP contribution in [0.2, 0.25) is 0 Å². The lowest BCUT2D eigenvalue weighted by molar-refractivity contribution is -0.117. The van der Waals surface area contributed by atoms with Crippen LogP contribution in [0.25, 0.3) is 5.69 Å². The van der Waals surface area contributed by atoms with E-state index in [4.69, 9.17) is 0 Å². The summed E-state index contributed by atoms with van der Waals surface area (Å²) in [4.78, 5) is 15.0. The van der Waals surface area contributed by atoms with Crippen molar-refractivity contribution in [3.8, 4) is 5.69 Å². The third kappa shape index (κ3) is 3.86. The molecule has 26 heavy (non-hydrogen) atoms. The third-order valence-corrected chi connectivity index (χ3v) is 5.51. The fourth-order valence-corrected chi connectivity index (χ4v) is 4.13. The molecule has 0 radical (unpaired) electrons. The van der Waals surface area contributed by atoms with Crippen LogP contribution in [0.4, 0.5) is 11.4 Å². The number of aromatic nitrogens is 4. The summed E-state index contributed by atoms with van der Waals surface area (Å²) in [6, 6.07) is 6.04. The Balaban J connectivity index is 1.54. The first-order chi connectivity index (χ1) is 12.8. The standard InChI is InChI=1S/C19H26N6O/c26-19(12-15-6-2-1-3-7-15)21-17-13-16(25-14-20-22-23-25)8-9-18(17)24-10-4-5-11-24/h8-9,13-15H,1-7,10-12H2,(H,21,26). The smallest absolute Gasteiger partial charge is 0.224 e. The number of hydrogen-bond acceptors (Lipinski definition) is 5. The number of tetrazole rings is 1. The highest BCUT2D eigenvalue weighted by atomic mass is 16.1. The Hall–Kier alpha value is -2.44. The quantitative estimate of drug-likeness (QED) is 0.892. The van der Waals surface area contributed by atoms with Gasteiger partial charge in [0.05, 0.1) is 17.1 Å². The first-order valence-corrected chi connectivity index (χ1v) is 9.72. The van der Waals surface area contributed by atoms with Crippen molar-refractivity contribution < 1.29 is 4.79 Å². The van der Waals surface area contributed by atoms with Gasteiger partial charge in [0.2, 0.25) is 5.91 Å². The molecule has 2 aromatic rings. The van der Waals surface area contributed by atoms with E-state index in [1.54, 1.807) is 11.0 Å². The first-order valence-electron chi connectivity index (χ1n) is 9.72. The minimum atomic E-state index is 0.117. The molecule has 2 aliphatic rings. The monoisotopic (exact) mass is 354 g/mol. The van der Waals surface area contributed by atoms with Crippen LogP contribution in [0, 0.1) is 5.92 Å². The first kappa shape index (κ1) is 17.0. The highest BCUT2D eigenvalue weighted by Gasteiger charge is 2.20. The molecular formula is C19H26N6O. The van der Waals surface area contributed by atoms with E-state index in [1.807, 2.05) is 12.1 Å². The van der Waals surface area contributed by atoms with E-state index in [0.29, 0.717) is 12.3 Å². The summed E-state index contributed by atoms with van der Waals surface area (Å²) >= 11 is 0. The summed E-state index contributed by atoms with van der Waals surface area (Å²) < 4.78 is 1.62. The molecule has 2 heterocycles. The minimum absolute atomic E-state index is 0.117. The van der Waals surface area contributed by atoms with Gasteiger partial charge in [-0.3, -0.25) is 4.79 Å². The molecule has 0 unspecified atom stereocenters. The largest absolute Gasteiger partial charge is 0.370 e. The molecule has 1 saturated carbocycles. The molecule has 0 spiro atoms. The predicted octanol–water partition coefficient (Wildman–Crippen LogP) is 3.17. The van der Waals surface area contributed by atoms with Crippen LogP contribution in [0.15, 0.2) is 24.5 Å². The molecule has 1 aliphatic heterocycles. The van der Waals surface area contributed by atoms with Gasteiger partial charge in [-0.15, -0.1) is 5.10 Å². The lowest BCUT2D eigenvalue weighted by Gasteiger charge is -2.24. The summed E-state index contributed by atoms with van der Waals surface area (Å²) in [7, 11) is 0. The van der Waals surface area contributed by atoms with Gasteiger partial charge < -0.3 is 10.2 Å². The number of carbonyl (C=O) groups excluding carboxylic acids is 1. The van der Waals surface area contributed by atoms with Gasteiger partial charge in [0, 0.05) is 19.5 Å². The minimum Gasteiger partial charge on any atom is -0.370 e. The molecular weight excluding hydrogens is 328 g/mol. The van der Waals surface area contributed by atoms with E-state index in [9.17, 15) is 4.79 Å². The van der Waals surface area contributed by atoms with Crippen molar-refractivity contribution in [2.45, 2.75) is 51.4 Å². The van der Waals surface area contributed by atoms with Gasteiger partial charge in [0.25, 0.3) is 0 Å². The molecule has 1 aliphatic carbocycles. The summed E-state index contributed by atoms with van der Waals surface area (Å²) in [5, 5.41) is 14.5. The Morgan fingerprint density at radius 1 is 1.12 bits per heavy atom. The van der Waals surface area contributed by atoms with Crippen LogP contribution in [-0.4, -0.2) is 39.2 Å². The number of carbonyl (C=O) groups is 1. The zero-order valence-corrected chi connectivity index (χ0v) is 15.1. The number of nitrogens with zero attached hydrogens (tertiary/aromatic N) is 5. The second-order valence-corrected chi connectivity index (χ2v) is 7.41. The number of amides is 1. The molecule has 2 fully saturated rings. The third-order valence-electron chi connectivity index (χ3n) is 5.51. The Labute approximate surface area is 153 Å². The molecule has 4 rings (SSSR count). The predicted molar refractivity (Wildman–Crippen MR) is 100 cm³/mol. The molecule has 7 heteroatoms. The fourth-order valence-electron chi connectivity index (χ4n) is 4.13. The maximum atomic E-state index is 12.7. The maximum Gasteiger partial charge on any atom is 0.224 e. The number of anilines is 2. The Kier molecular flexibility index (Phi) is 5.13. The highest BCUT2D eigenvalue weighted by molar-refractivity contribution is 5.95. The van der Waals surface area contributed by atoms with Crippen molar-refractivity contribution in [3.63, 3.8) is 0 Å². The van der Waals surface area contributed by atoms with Crippen LogP contribution < -0.4 is 10.2 Å². The lowest BCUT2D eigenvalue weighted by atomic mass is 9.87. The zero-order chi connectivity index (χ0) is 17.8. The molecule has 0 bridgehead atoms. The lowest BCUT2D eigenvalue weighted by Crippen LogP contribution is -2.23. The van der Waals surface area contributed by atoms with Crippen LogP contribution in [-0.2, 0) is 4.79 Å². The van der Waals surface area contributed by atoms with Gasteiger partial charge in [-0.2, -0.15) is 0 Å². The number of rotatable bonds is 5. The Morgan fingerprint density at radius 3 is 2.65 bits per heavy atom. The van der Waals surface area contributed by atoms with Crippen LogP contribution >= 0.6 is 0 Å². The molecule has 0 atom stereocenters. The fraction of sp³-hybridized carbons (Fsp3) is 0.579. The maximum absolute atomic E-state index is 12.7. The van der Waals surface area contributed by atoms with Gasteiger partial charge in [-0.25, -0.2) is 4.68 Å². The van der Waals surface area contributed by atoms with Crippen molar-refractivity contribution in [3.05, 3.63) is 24.5 Å². The van der Waals surface area contributed by atoms with Crippen LogP contribution in [0.3, 0.4) is 0 Å². The van der Waals surface area contributed by atoms with Crippen LogP contribution in [0.5, 0.6) is 0 Å². The SMILES string of the molecule is O=C(CC1CCCCC1)Nc1cc(-n2cnnn2)ccc1N1CCCC1. The molecule has 1 aromatic heterocycles. The molecule has 1 saturated heterocycles. The van der Waals surface area contributed by atoms with E-state index < -0.39 is 0 Å². The molecule has 1 amide bonds. The zero-order valence-electron chi connectivity index (χ0n) is 15.1. The average molecular weight is 354 g/mol. The number of benzene rings is 1. The van der Waals surface area contributed by atoms with Gasteiger partial charge in [0.15, 0.2) is 0 Å². The Bertz CT molecular complexity index is 732. The van der Waals surface area contributed by atoms with Crippen molar-refractivity contribution in [2.75, 3.05) is 23.3 Å². The van der Waals surface area contributed by atoms with E-state index >= 15 is 0 Å². The molecule has 1 aromatic carbocycles. The van der Waals surface area contributed by atoms with Gasteiger partial charge >= 0.3 is 0 Å². The Morgan fingerprint density at radius 2 is 1.92 bits per heavy atom. The second kappa shape index (κ2) is 7.85. The summed E-state index contributed by atoms with van der Waals surface area (Å²) in [6.07, 6.45) is 10.8. The molecule has 138 valence electrons. The summed E-state index contributed by atoms with van der Waals surface area (Å²) in [5.74, 6) is 0.646. The number of hydrogen-bond donors (Lipinski definition) is 1. The van der Waals surface area contributed by atoms with E-state index in [2.05, 4.69) is 31.8 Å². The van der Waals surface area contributed by atoms with Crippen molar-refractivity contribution in [2.24, 2.45) is 5.92 Å². The normalized spacial score (nSPS) is 18.2. The van der Waals surface area contributed by atoms with E-state index in [1.165, 1.54) is 44.9 Å². The van der Waals surface area contributed by atoms with Crippen molar-refractivity contribution >= 4 is 17.3 Å². The average Bonchev–Trinajstić information content (AvgIpc) is 3.36. The van der Waals surface area contributed by atoms with Crippen molar-refractivity contribution in [1.82, 2.24) is 20.2 Å².